The third-order valence-electron chi connectivity index (χ3n) is 3.52. The molecule has 0 spiro atoms. The third-order valence-corrected chi connectivity index (χ3v) is 3.77. The van der Waals surface area contributed by atoms with E-state index in [1.165, 1.54) is 4.68 Å². The Labute approximate surface area is 144 Å². The molecule has 122 valence electrons. The minimum atomic E-state index is -0.498. The van der Waals surface area contributed by atoms with Gasteiger partial charge in [0.25, 0.3) is 0 Å². The monoisotopic (exact) mass is 341 g/mol. The highest BCUT2D eigenvalue weighted by molar-refractivity contribution is 6.30. The van der Waals surface area contributed by atoms with E-state index in [0.29, 0.717) is 10.7 Å². The van der Waals surface area contributed by atoms with Crippen molar-refractivity contribution in [2.75, 3.05) is 12.3 Å². The maximum absolute atomic E-state index is 12.4. The molecule has 2 aromatic carbocycles. The van der Waals surface area contributed by atoms with Crippen molar-refractivity contribution in [1.82, 2.24) is 9.78 Å². The van der Waals surface area contributed by atoms with Crippen LogP contribution in [0.15, 0.2) is 54.6 Å². The van der Waals surface area contributed by atoms with Crippen LogP contribution in [-0.2, 0) is 4.74 Å². The molecule has 0 bridgehead atoms. The van der Waals surface area contributed by atoms with E-state index >= 15 is 0 Å². The van der Waals surface area contributed by atoms with Gasteiger partial charge >= 0.3 is 5.97 Å². The molecule has 1 aromatic heterocycles. The van der Waals surface area contributed by atoms with Gasteiger partial charge in [-0.15, -0.1) is 0 Å². The molecule has 2 N–H and O–H groups in total. The van der Waals surface area contributed by atoms with Crippen LogP contribution in [0, 0.1) is 0 Å². The Morgan fingerprint density at radius 3 is 2.46 bits per heavy atom. The standard InChI is InChI=1S/C18H16ClN3O2/c1-2-24-18(23)15-16(12-8-10-13(19)11-9-12)21-22(17(15)20)14-6-4-3-5-7-14/h3-11H,2,20H2,1H3. The maximum Gasteiger partial charge on any atom is 0.344 e. The average Bonchev–Trinajstić information content (AvgIpc) is 2.94. The zero-order valence-corrected chi connectivity index (χ0v) is 13.8. The van der Waals surface area contributed by atoms with Crippen molar-refractivity contribution in [3.05, 3.63) is 65.2 Å². The predicted octanol–water partition coefficient (Wildman–Crippen LogP) is 3.95. The van der Waals surface area contributed by atoms with Gasteiger partial charge in [0.05, 0.1) is 12.3 Å². The summed E-state index contributed by atoms with van der Waals surface area (Å²) in [7, 11) is 0. The molecule has 1 heterocycles. The molecule has 0 saturated carbocycles. The molecule has 5 nitrogen and oxygen atoms in total. The second-order valence-electron chi connectivity index (χ2n) is 5.08. The van der Waals surface area contributed by atoms with Gasteiger partial charge in [-0.3, -0.25) is 0 Å². The van der Waals surface area contributed by atoms with Gasteiger partial charge in [0.15, 0.2) is 0 Å². The molecule has 24 heavy (non-hydrogen) atoms. The van der Waals surface area contributed by atoms with Gasteiger partial charge in [0.2, 0.25) is 0 Å². The number of halogens is 1. The second kappa shape index (κ2) is 6.76. The maximum atomic E-state index is 12.4. The Morgan fingerprint density at radius 1 is 1.17 bits per heavy atom. The third kappa shape index (κ3) is 2.98. The first-order valence-electron chi connectivity index (χ1n) is 7.48. The summed E-state index contributed by atoms with van der Waals surface area (Å²) >= 11 is 5.94. The molecule has 0 aliphatic rings. The number of para-hydroxylation sites is 1. The lowest BCUT2D eigenvalue weighted by atomic mass is 10.1. The Hall–Kier alpha value is -2.79. The number of rotatable bonds is 4. The number of aromatic nitrogens is 2. The first kappa shape index (κ1) is 16.1. The fraction of sp³-hybridized carbons (Fsp3) is 0.111. The summed E-state index contributed by atoms with van der Waals surface area (Å²) in [5.74, 6) is -0.258. The van der Waals surface area contributed by atoms with E-state index in [-0.39, 0.29) is 18.0 Å². The Morgan fingerprint density at radius 2 is 1.83 bits per heavy atom. The molecule has 6 heteroatoms. The van der Waals surface area contributed by atoms with Crippen LogP contribution in [0.4, 0.5) is 5.82 Å². The first-order valence-corrected chi connectivity index (χ1v) is 7.86. The molecular formula is C18H16ClN3O2. The lowest BCUT2D eigenvalue weighted by Gasteiger charge is -2.05. The van der Waals surface area contributed by atoms with E-state index in [0.717, 1.165) is 11.3 Å². The molecule has 3 rings (SSSR count). The normalized spacial score (nSPS) is 10.6. The molecule has 0 radical (unpaired) electrons. The van der Waals surface area contributed by atoms with E-state index in [4.69, 9.17) is 22.1 Å². The summed E-state index contributed by atoms with van der Waals surface area (Å²) < 4.78 is 6.68. The van der Waals surface area contributed by atoms with E-state index < -0.39 is 5.97 Å². The fourth-order valence-corrected chi connectivity index (χ4v) is 2.54. The lowest BCUT2D eigenvalue weighted by Crippen LogP contribution is -2.09. The Kier molecular flexibility index (Phi) is 4.53. The van der Waals surface area contributed by atoms with E-state index in [2.05, 4.69) is 5.10 Å². The number of nitrogens with two attached hydrogens (primary N) is 1. The molecule has 0 atom stereocenters. The van der Waals surface area contributed by atoms with Crippen molar-refractivity contribution in [3.8, 4) is 16.9 Å². The van der Waals surface area contributed by atoms with Crippen LogP contribution >= 0.6 is 11.6 Å². The fourth-order valence-electron chi connectivity index (χ4n) is 2.41. The van der Waals surface area contributed by atoms with Gasteiger partial charge in [-0.05, 0) is 31.2 Å². The molecule has 0 aliphatic heterocycles. The highest BCUT2D eigenvalue weighted by atomic mass is 35.5. The van der Waals surface area contributed by atoms with Gasteiger partial charge in [-0.25, -0.2) is 9.48 Å². The molecule has 0 fully saturated rings. The number of anilines is 1. The van der Waals surface area contributed by atoms with Gasteiger partial charge < -0.3 is 10.5 Å². The van der Waals surface area contributed by atoms with Crippen LogP contribution in [0.2, 0.25) is 5.02 Å². The highest BCUT2D eigenvalue weighted by Gasteiger charge is 2.25. The topological polar surface area (TPSA) is 70.1 Å². The van der Waals surface area contributed by atoms with Crippen molar-refractivity contribution in [2.24, 2.45) is 0 Å². The van der Waals surface area contributed by atoms with Crippen LogP contribution in [0.3, 0.4) is 0 Å². The van der Waals surface area contributed by atoms with Gasteiger partial charge in [0.1, 0.15) is 17.1 Å². The molecule has 3 aromatic rings. The van der Waals surface area contributed by atoms with Crippen molar-refractivity contribution >= 4 is 23.4 Å². The summed E-state index contributed by atoms with van der Waals surface area (Å²) in [4.78, 5) is 12.4. The van der Waals surface area contributed by atoms with Crippen molar-refractivity contribution in [3.63, 3.8) is 0 Å². The quantitative estimate of drug-likeness (QED) is 0.729. The molecule has 0 amide bonds. The Bertz CT molecular complexity index is 858. The van der Waals surface area contributed by atoms with E-state index in [1.54, 1.807) is 31.2 Å². The van der Waals surface area contributed by atoms with Crippen molar-refractivity contribution < 1.29 is 9.53 Å². The smallest absolute Gasteiger partial charge is 0.344 e. The highest BCUT2D eigenvalue weighted by Crippen LogP contribution is 2.30. The number of benzene rings is 2. The molecule has 0 unspecified atom stereocenters. The van der Waals surface area contributed by atoms with Crippen molar-refractivity contribution in [2.45, 2.75) is 6.92 Å². The summed E-state index contributed by atoms with van der Waals surface area (Å²) in [6.07, 6.45) is 0. The second-order valence-corrected chi connectivity index (χ2v) is 5.52. The van der Waals surface area contributed by atoms with Crippen LogP contribution in [0.25, 0.3) is 16.9 Å². The molecular weight excluding hydrogens is 326 g/mol. The van der Waals surface area contributed by atoms with Crippen LogP contribution in [0.1, 0.15) is 17.3 Å². The number of nitrogens with zero attached hydrogens (tertiary/aromatic N) is 2. The van der Waals surface area contributed by atoms with Crippen LogP contribution in [-0.4, -0.2) is 22.4 Å². The minimum absolute atomic E-state index is 0.240. The van der Waals surface area contributed by atoms with Gasteiger partial charge in [-0.1, -0.05) is 41.9 Å². The summed E-state index contributed by atoms with van der Waals surface area (Å²) in [5, 5.41) is 5.13. The number of carbonyl (C=O) groups is 1. The van der Waals surface area contributed by atoms with Crippen LogP contribution in [0.5, 0.6) is 0 Å². The lowest BCUT2D eigenvalue weighted by molar-refractivity contribution is 0.0528. The van der Waals surface area contributed by atoms with Gasteiger partial charge in [0, 0.05) is 10.6 Å². The van der Waals surface area contributed by atoms with Crippen LogP contribution < -0.4 is 5.73 Å². The number of carbonyl (C=O) groups excluding carboxylic acids is 1. The van der Waals surface area contributed by atoms with Crippen molar-refractivity contribution in [1.29, 1.82) is 0 Å². The summed E-state index contributed by atoms with van der Waals surface area (Å²) in [6.45, 7) is 2.01. The number of hydrogen-bond acceptors (Lipinski definition) is 4. The first-order chi connectivity index (χ1) is 11.6. The van der Waals surface area contributed by atoms with E-state index in [1.807, 2.05) is 30.3 Å². The Balaban J connectivity index is 2.19. The number of esters is 1. The number of ether oxygens (including phenoxy) is 1. The van der Waals surface area contributed by atoms with E-state index in [9.17, 15) is 4.79 Å². The minimum Gasteiger partial charge on any atom is -0.462 e. The summed E-state index contributed by atoms with van der Waals surface area (Å²) in [6, 6.07) is 16.5. The SMILES string of the molecule is CCOC(=O)c1c(-c2ccc(Cl)cc2)nn(-c2ccccc2)c1N. The summed E-state index contributed by atoms with van der Waals surface area (Å²) in [5.41, 5.74) is 8.43. The average molecular weight is 342 g/mol. The number of hydrogen-bond donors (Lipinski definition) is 1. The predicted molar refractivity (Wildman–Crippen MR) is 94.4 cm³/mol. The number of nitrogen functional groups attached to an aromatic ring is 1. The zero-order valence-electron chi connectivity index (χ0n) is 13.1. The van der Waals surface area contributed by atoms with Gasteiger partial charge in [-0.2, -0.15) is 5.10 Å². The zero-order chi connectivity index (χ0) is 17.1. The molecule has 0 aliphatic carbocycles. The largest absolute Gasteiger partial charge is 0.462 e. The molecule has 0 saturated heterocycles.